The first-order valence-corrected chi connectivity index (χ1v) is 11.1. The van der Waals surface area contributed by atoms with Gasteiger partial charge in [0.1, 0.15) is 11.5 Å². The molecule has 4 rings (SSSR count). The van der Waals surface area contributed by atoms with Crippen molar-refractivity contribution in [1.29, 1.82) is 0 Å². The molecule has 4 aromatic rings. The highest BCUT2D eigenvalue weighted by Crippen LogP contribution is 2.41. The maximum absolute atomic E-state index is 14.0. The molecule has 0 bridgehead atoms. The van der Waals surface area contributed by atoms with Crippen LogP contribution >= 0.6 is 0 Å². The monoisotopic (exact) mass is 475 g/mol. The van der Waals surface area contributed by atoms with Crippen LogP contribution < -0.4 is 10.1 Å². The molecule has 0 aliphatic carbocycles. The Bertz CT molecular complexity index is 1350. The lowest BCUT2D eigenvalue weighted by Crippen LogP contribution is -2.19. The number of nitrogens with one attached hydrogen (secondary N) is 1. The van der Waals surface area contributed by atoms with Crippen molar-refractivity contribution >= 4 is 17.6 Å². The molecule has 35 heavy (non-hydrogen) atoms. The van der Waals surface area contributed by atoms with E-state index in [-0.39, 0.29) is 17.2 Å². The number of furan rings is 1. The highest BCUT2D eigenvalue weighted by Gasteiger charge is 2.26. The topological polar surface area (TPSA) is 86.4 Å². The maximum Gasteiger partial charge on any atom is 0.309 e. The van der Waals surface area contributed by atoms with Gasteiger partial charge in [-0.15, -0.1) is 0 Å². The number of ether oxygens (including phenoxy) is 1. The fourth-order valence-electron chi connectivity index (χ4n) is 3.67. The van der Waals surface area contributed by atoms with Crippen molar-refractivity contribution in [2.75, 3.05) is 5.32 Å². The molecule has 0 spiro atoms. The number of rotatable bonds is 6. The number of halogens is 1. The van der Waals surface area contributed by atoms with Gasteiger partial charge in [-0.3, -0.25) is 9.59 Å². The second kappa shape index (κ2) is 9.58. The van der Waals surface area contributed by atoms with Gasteiger partial charge in [0, 0.05) is 19.0 Å². The van der Waals surface area contributed by atoms with Gasteiger partial charge in [-0.25, -0.2) is 4.39 Å². The molecular weight excluding hydrogens is 449 g/mol. The second-order valence-corrected chi connectivity index (χ2v) is 9.35. The van der Waals surface area contributed by atoms with Gasteiger partial charge in [0.2, 0.25) is 11.8 Å². The van der Waals surface area contributed by atoms with Crippen LogP contribution in [0.1, 0.15) is 34.1 Å². The fraction of sp³-hybridized carbons (Fsp3) is 0.222. The Morgan fingerprint density at radius 1 is 1.09 bits per heavy atom. The van der Waals surface area contributed by atoms with E-state index in [1.807, 2.05) is 20.8 Å². The van der Waals surface area contributed by atoms with Crippen molar-refractivity contribution in [2.45, 2.75) is 34.1 Å². The number of hydrogen-bond donors (Lipinski definition) is 1. The quantitative estimate of drug-likeness (QED) is 0.334. The highest BCUT2D eigenvalue weighted by atomic mass is 19.1. The fourth-order valence-corrected chi connectivity index (χ4v) is 3.67. The van der Waals surface area contributed by atoms with E-state index < -0.39 is 11.8 Å². The number of hydrogen-bond acceptors (Lipinski definition) is 5. The second-order valence-electron chi connectivity index (χ2n) is 9.35. The van der Waals surface area contributed by atoms with E-state index in [2.05, 4.69) is 10.4 Å². The number of anilines is 1. The van der Waals surface area contributed by atoms with Crippen molar-refractivity contribution in [3.05, 3.63) is 72.7 Å². The Kier molecular flexibility index (Phi) is 6.55. The first-order chi connectivity index (χ1) is 16.6. The molecule has 0 aliphatic rings. The van der Waals surface area contributed by atoms with Crippen LogP contribution in [0, 0.1) is 11.2 Å². The molecule has 1 N–H and O–H groups in total. The van der Waals surface area contributed by atoms with Gasteiger partial charge < -0.3 is 14.5 Å². The van der Waals surface area contributed by atoms with Crippen molar-refractivity contribution in [3.8, 4) is 34.1 Å². The molecule has 0 radical (unpaired) electrons. The molecule has 0 aliphatic heterocycles. The zero-order valence-corrected chi connectivity index (χ0v) is 20.0. The lowest BCUT2D eigenvalue weighted by atomic mass is 9.92. The summed E-state index contributed by atoms with van der Waals surface area (Å²) in [6.07, 6.45) is 1.90. The third-order valence-electron chi connectivity index (χ3n) is 5.04. The number of aromatic nitrogens is 2. The van der Waals surface area contributed by atoms with Crippen LogP contribution in [0.4, 0.5) is 10.1 Å². The minimum absolute atomic E-state index is 0.0824. The summed E-state index contributed by atoms with van der Waals surface area (Å²) in [4.78, 5) is 24.4. The summed E-state index contributed by atoms with van der Waals surface area (Å²) >= 11 is 0. The number of benzene rings is 2. The molecular formula is C27H26FN3O4. The zero-order chi connectivity index (χ0) is 25.2. The Morgan fingerprint density at radius 2 is 1.83 bits per heavy atom. The van der Waals surface area contributed by atoms with Gasteiger partial charge >= 0.3 is 5.97 Å². The van der Waals surface area contributed by atoms with Crippen molar-refractivity contribution in [3.63, 3.8) is 0 Å². The van der Waals surface area contributed by atoms with E-state index in [1.165, 1.54) is 30.0 Å². The number of esters is 1. The molecule has 0 fully saturated rings. The molecule has 0 unspecified atom stereocenters. The third kappa shape index (κ3) is 5.66. The molecule has 2 aromatic carbocycles. The smallest absolute Gasteiger partial charge is 0.309 e. The van der Waals surface area contributed by atoms with E-state index in [4.69, 9.17) is 9.15 Å². The molecule has 0 saturated heterocycles. The van der Waals surface area contributed by atoms with Crippen molar-refractivity contribution in [1.82, 2.24) is 9.78 Å². The van der Waals surface area contributed by atoms with Crippen LogP contribution in [0.25, 0.3) is 28.3 Å². The number of carbonyl (C=O) groups excluding carboxylic acids is 2. The summed E-state index contributed by atoms with van der Waals surface area (Å²) in [7, 11) is 0. The molecule has 2 aromatic heterocycles. The largest absolute Gasteiger partial charge is 0.463 e. The summed E-state index contributed by atoms with van der Waals surface area (Å²) < 4.78 is 26.5. The van der Waals surface area contributed by atoms with Gasteiger partial charge in [-0.1, -0.05) is 39.0 Å². The third-order valence-corrected chi connectivity index (χ3v) is 5.04. The van der Waals surface area contributed by atoms with Crippen LogP contribution in [-0.4, -0.2) is 21.7 Å². The van der Waals surface area contributed by atoms with E-state index >= 15 is 0 Å². The van der Waals surface area contributed by atoms with Gasteiger partial charge in [0.25, 0.3) is 0 Å². The van der Waals surface area contributed by atoms with E-state index in [9.17, 15) is 14.0 Å². The number of amides is 1. The van der Waals surface area contributed by atoms with Gasteiger partial charge in [-0.05, 0) is 53.4 Å². The first-order valence-electron chi connectivity index (χ1n) is 11.1. The summed E-state index contributed by atoms with van der Waals surface area (Å²) in [6.45, 7) is 7.28. The molecule has 0 saturated carbocycles. The van der Waals surface area contributed by atoms with Crippen LogP contribution in [-0.2, 0) is 9.59 Å². The van der Waals surface area contributed by atoms with E-state index in [1.54, 1.807) is 48.5 Å². The Morgan fingerprint density at radius 3 is 2.43 bits per heavy atom. The Hall–Kier alpha value is -4.20. The van der Waals surface area contributed by atoms with E-state index in [0.29, 0.717) is 40.4 Å². The predicted octanol–water partition coefficient (Wildman–Crippen LogP) is 6.24. The molecule has 7 nitrogen and oxygen atoms in total. The maximum atomic E-state index is 14.0. The van der Waals surface area contributed by atoms with Gasteiger partial charge in [-0.2, -0.15) is 9.78 Å². The van der Waals surface area contributed by atoms with Gasteiger partial charge in [0.05, 0.1) is 17.5 Å². The van der Waals surface area contributed by atoms with Crippen molar-refractivity contribution < 1.29 is 23.1 Å². The summed E-state index contributed by atoms with van der Waals surface area (Å²) in [5.41, 5.74) is 2.46. The SMILES string of the molecule is CC(=O)Oc1c(-c2ccc(NC(=O)CC(C)(C)C)cc2)c(-c2ccco2)nn1-c1cccc(F)c1. The minimum Gasteiger partial charge on any atom is -0.463 e. The predicted molar refractivity (Wildman–Crippen MR) is 131 cm³/mol. The van der Waals surface area contributed by atoms with Crippen molar-refractivity contribution in [2.24, 2.45) is 5.41 Å². The molecule has 180 valence electrons. The summed E-state index contributed by atoms with van der Waals surface area (Å²) in [6, 6.07) is 16.4. The minimum atomic E-state index is -0.555. The van der Waals surface area contributed by atoms with Crippen LogP contribution in [0.2, 0.25) is 0 Å². The lowest BCUT2D eigenvalue weighted by Gasteiger charge is -2.17. The summed E-state index contributed by atoms with van der Waals surface area (Å²) in [5, 5.41) is 7.51. The molecule has 2 heterocycles. The Balaban J connectivity index is 1.81. The first kappa shape index (κ1) is 23.9. The van der Waals surface area contributed by atoms with Crippen LogP contribution in [0.15, 0.2) is 71.3 Å². The molecule has 1 amide bonds. The van der Waals surface area contributed by atoms with Crippen LogP contribution in [0.5, 0.6) is 5.88 Å². The highest BCUT2D eigenvalue weighted by molar-refractivity contribution is 5.92. The number of carbonyl (C=O) groups is 2. The normalized spacial score (nSPS) is 11.3. The van der Waals surface area contributed by atoms with Gasteiger partial charge in [0.15, 0.2) is 5.76 Å². The Labute approximate surface area is 202 Å². The van der Waals surface area contributed by atoms with E-state index in [0.717, 1.165) is 0 Å². The summed E-state index contributed by atoms with van der Waals surface area (Å²) in [5.74, 6) is -0.518. The van der Waals surface area contributed by atoms with Crippen LogP contribution in [0.3, 0.4) is 0 Å². The average Bonchev–Trinajstić information content (AvgIpc) is 3.41. The zero-order valence-electron chi connectivity index (χ0n) is 20.0. The average molecular weight is 476 g/mol. The molecule has 8 heteroatoms. The standard InChI is InChI=1S/C27H26FN3O4/c1-17(32)35-26-24(18-10-12-20(13-11-18)29-23(33)16-27(2,3)4)25(22-9-6-14-34-22)30-31(26)21-8-5-7-19(28)15-21/h5-15H,16H2,1-4H3,(H,29,33). The lowest BCUT2D eigenvalue weighted by molar-refractivity contribution is -0.132. The molecule has 0 atom stereocenters. The number of nitrogens with zero attached hydrogens (tertiary/aromatic N) is 2.